The van der Waals surface area contributed by atoms with Crippen molar-refractivity contribution in [3.8, 4) is 5.69 Å². The fourth-order valence-corrected chi connectivity index (χ4v) is 4.33. The molecule has 0 fully saturated rings. The van der Waals surface area contributed by atoms with E-state index < -0.39 is 5.97 Å². The molecule has 0 amide bonds. The summed E-state index contributed by atoms with van der Waals surface area (Å²) in [6, 6.07) is 14.8. The van der Waals surface area contributed by atoms with Gasteiger partial charge in [0.05, 0.1) is 22.2 Å². The molecule has 0 saturated carbocycles. The number of thiophene rings is 1. The number of nitrogens with one attached hydrogen (secondary N) is 1. The van der Waals surface area contributed by atoms with E-state index in [2.05, 4.69) is 5.32 Å². The number of halogens is 1. The largest absolute Gasteiger partial charge is 1.00 e. The van der Waals surface area contributed by atoms with Gasteiger partial charge in [0.1, 0.15) is 10.6 Å². The monoisotopic (exact) mass is 430 g/mol. The number of carboxylic acid groups (broad SMARTS) is 1. The topological polar surface area (TPSA) is 74.2 Å². The maximum absolute atomic E-state index is 13.6. The van der Waals surface area contributed by atoms with Gasteiger partial charge in [0, 0.05) is 17.1 Å². The number of carboxylic acids is 1. The summed E-state index contributed by atoms with van der Waals surface area (Å²) >= 11 is 0.964. The number of carbonyl (C=O) groups is 1. The second kappa shape index (κ2) is 8.73. The number of rotatable bonds is 4. The molecule has 1 N–H and O–H groups in total. The molecule has 0 radical (unpaired) electrons. The van der Waals surface area contributed by atoms with Crippen molar-refractivity contribution in [2.45, 2.75) is 13.8 Å². The van der Waals surface area contributed by atoms with Gasteiger partial charge in [0.15, 0.2) is 0 Å². The number of aromatic nitrogens is 1. The molecule has 5 nitrogen and oxygen atoms in total. The number of nitrogens with zero attached hydrogens (tertiary/aromatic N) is 1. The normalized spacial score (nSPS) is 10.6. The van der Waals surface area contributed by atoms with Crippen LogP contribution in [0.3, 0.4) is 0 Å². The minimum Gasteiger partial charge on any atom is -0.544 e. The number of aryl methyl sites for hydroxylation is 2. The van der Waals surface area contributed by atoms with Gasteiger partial charge in [0.2, 0.25) is 0 Å². The zero-order chi connectivity index (χ0) is 20.7. The number of hydrogen-bond donors (Lipinski definition) is 1. The first kappa shape index (κ1) is 22.2. The van der Waals surface area contributed by atoms with Gasteiger partial charge in [-0.15, -0.1) is 11.3 Å². The molecular weight excluding hydrogens is 414 g/mol. The van der Waals surface area contributed by atoms with Crippen LogP contribution in [0.4, 0.5) is 15.8 Å². The molecule has 4 rings (SSSR count). The SMILES string of the molecule is Cc1cccc(-n2c(=O)ccc3c(Nc4ccc(F)c(C)c4)c(C(=O)[O-])sc32)c1.[Na+]. The van der Waals surface area contributed by atoms with Crippen molar-refractivity contribution < 1.29 is 43.8 Å². The van der Waals surface area contributed by atoms with E-state index in [0.29, 0.717) is 32.8 Å². The molecular formula is C22H16FN2NaO3S. The van der Waals surface area contributed by atoms with E-state index in [0.717, 1.165) is 16.9 Å². The quantitative estimate of drug-likeness (QED) is 0.489. The Bertz CT molecular complexity index is 1330. The minimum absolute atomic E-state index is 0. The Labute approximate surface area is 198 Å². The number of benzene rings is 2. The van der Waals surface area contributed by atoms with Crippen molar-refractivity contribution in [1.82, 2.24) is 4.57 Å². The Hall–Kier alpha value is -2.45. The fourth-order valence-electron chi connectivity index (χ4n) is 3.23. The number of carbonyl (C=O) groups excluding carboxylic acids is 1. The van der Waals surface area contributed by atoms with Gasteiger partial charge < -0.3 is 15.2 Å². The first-order valence-corrected chi connectivity index (χ1v) is 9.67. The molecule has 4 aromatic rings. The third-order valence-corrected chi connectivity index (χ3v) is 5.78. The summed E-state index contributed by atoms with van der Waals surface area (Å²) in [4.78, 5) is 24.9. The first-order valence-electron chi connectivity index (χ1n) is 8.85. The van der Waals surface area contributed by atoms with E-state index >= 15 is 0 Å². The maximum atomic E-state index is 13.6. The van der Waals surface area contributed by atoms with Crippen molar-refractivity contribution in [1.29, 1.82) is 0 Å². The van der Waals surface area contributed by atoms with E-state index in [9.17, 15) is 19.1 Å². The summed E-state index contributed by atoms with van der Waals surface area (Å²) < 4.78 is 15.1. The average molecular weight is 430 g/mol. The smallest absolute Gasteiger partial charge is 0.544 e. The second-order valence-corrected chi connectivity index (χ2v) is 7.75. The van der Waals surface area contributed by atoms with E-state index in [1.165, 1.54) is 22.8 Å². The second-order valence-electron chi connectivity index (χ2n) is 6.75. The Morgan fingerprint density at radius 3 is 2.53 bits per heavy atom. The first-order chi connectivity index (χ1) is 13.8. The van der Waals surface area contributed by atoms with Crippen LogP contribution in [0.15, 0.2) is 59.4 Å². The van der Waals surface area contributed by atoms with Crippen LogP contribution in [0.1, 0.15) is 20.8 Å². The predicted molar refractivity (Wildman–Crippen MR) is 111 cm³/mol. The van der Waals surface area contributed by atoms with Crippen molar-refractivity contribution in [3.05, 3.63) is 86.8 Å². The summed E-state index contributed by atoms with van der Waals surface area (Å²) in [6.45, 7) is 3.54. The van der Waals surface area contributed by atoms with Gasteiger partial charge >= 0.3 is 29.6 Å². The molecule has 8 heteroatoms. The van der Waals surface area contributed by atoms with Crippen LogP contribution in [0.2, 0.25) is 0 Å². The van der Waals surface area contributed by atoms with Crippen LogP contribution in [0.25, 0.3) is 15.9 Å². The van der Waals surface area contributed by atoms with Crippen LogP contribution in [0.5, 0.6) is 0 Å². The van der Waals surface area contributed by atoms with Crippen LogP contribution in [0, 0.1) is 19.7 Å². The molecule has 0 unspecified atom stereocenters. The Kier molecular flexibility index (Phi) is 6.47. The summed E-state index contributed by atoms with van der Waals surface area (Å²) in [5.41, 5.74) is 2.65. The number of pyridine rings is 1. The summed E-state index contributed by atoms with van der Waals surface area (Å²) in [6.07, 6.45) is 0. The molecule has 2 aromatic heterocycles. The van der Waals surface area contributed by atoms with Crippen LogP contribution < -0.4 is 45.5 Å². The van der Waals surface area contributed by atoms with Gasteiger partial charge in [-0.3, -0.25) is 9.36 Å². The van der Waals surface area contributed by atoms with Gasteiger partial charge in [-0.1, -0.05) is 12.1 Å². The molecule has 0 aliphatic carbocycles. The molecule has 146 valence electrons. The average Bonchev–Trinajstić information content (AvgIpc) is 3.03. The van der Waals surface area contributed by atoms with Crippen LogP contribution >= 0.6 is 11.3 Å². The van der Waals surface area contributed by atoms with Crippen molar-refractivity contribution in [2.75, 3.05) is 5.32 Å². The zero-order valence-corrected chi connectivity index (χ0v) is 19.5. The maximum Gasteiger partial charge on any atom is 1.00 e. The number of anilines is 2. The molecule has 0 bridgehead atoms. The molecule has 0 saturated heterocycles. The van der Waals surface area contributed by atoms with E-state index in [1.54, 1.807) is 25.1 Å². The van der Waals surface area contributed by atoms with Gasteiger partial charge in [-0.05, 0) is 61.4 Å². The minimum atomic E-state index is -1.35. The molecule has 30 heavy (non-hydrogen) atoms. The van der Waals surface area contributed by atoms with E-state index in [4.69, 9.17) is 0 Å². The summed E-state index contributed by atoms with van der Waals surface area (Å²) in [7, 11) is 0. The third kappa shape index (κ3) is 4.06. The molecule has 0 spiro atoms. The molecule has 2 aromatic carbocycles. The van der Waals surface area contributed by atoms with E-state index in [-0.39, 0.29) is 45.8 Å². The van der Waals surface area contributed by atoms with Crippen molar-refractivity contribution in [2.24, 2.45) is 0 Å². The van der Waals surface area contributed by atoms with Crippen molar-refractivity contribution in [3.63, 3.8) is 0 Å². The summed E-state index contributed by atoms with van der Waals surface area (Å²) in [5.74, 6) is -1.70. The molecule has 0 aliphatic rings. The number of aromatic carboxylic acids is 1. The van der Waals surface area contributed by atoms with Gasteiger partial charge in [-0.2, -0.15) is 0 Å². The van der Waals surface area contributed by atoms with Gasteiger partial charge in [-0.25, -0.2) is 4.39 Å². The Balaban J connectivity index is 0.00000256. The zero-order valence-electron chi connectivity index (χ0n) is 16.7. The summed E-state index contributed by atoms with van der Waals surface area (Å²) in [5, 5.41) is 15.4. The fraction of sp³-hybridized carbons (Fsp3) is 0.0909. The standard InChI is InChI=1S/C22H17FN2O3S.Na/c1-12-4-3-5-15(10-12)25-18(26)9-7-16-19(20(22(27)28)29-21(16)25)24-14-6-8-17(23)13(2)11-14;/h3-11,24H,1-2H3,(H,27,28);/q;+1/p-1. The third-order valence-electron chi connectivity index (χ3n) is 4.61. The molecule has 0 atom stereocenters. The molecule has 2 heterocycles. The van der Waals surface area contributed by atoms with Crippen molar-refractivity contribution >= 4 is 38.9 Å². The Morgan fingerprint density at radius 1 is 1.10 bits per heavy atom. The Morgan fingerprint density at radius 2 is 1.87 bits per heavy atom. The van der Waals surface area contributed by atoms with Crippen LogP contribution in [-0.4, -0.2) is 10.5 Å². The number of hydrogen-bond acceptors (Lipinski definition) is 5. The van der Waals surface area contributed by atoms with Crippen LogP contribution in [-0.2, 0) is 0 Å². The predicted octanol–water partition coefficient (Wildman–Crippen LogP) is 0.919. The number of fused-ring (bicyclic) bond motifs is 1. The molecule has 0 aliphatic heterocycles. The van der Waals surface area contributed by atoms with E-state index in [1.807, 2.05) is 25.1 Å². The van der Waals surface area contributed by atoms with Gasteiger partial charge in [0.25, 0.3) is 5.56 Å².